The van der Waals surface area contributed by atoms with E-state index in [4.69, 9.17) is 21.3 Å². The molecule has 1 aromatic heterocycles. The Kier molecular flexibility index (Phi) is 5.78. The van der Waals surface area contributed by atoms with Crippen LogP contribution in [0.5, 0.6) is 5.75 Å². The summed E-state index contributed by atoms with van der Waals surface area (Å²) in [6.07, 6.45) is 2.62. The molecule has 0 saturated heterocycles. The Morgan fingerprint density at radius 3 is 2.60 bits per heavy atom. The first-order valence-electron chi connectivity index (χ1n) is 10.1. The number of carbonyl (C=O) groups excluding carboxylic acids is 1. The van der Waals surface area contributed by atoms with Crippen molar-refractivity contribution in [2.75, 3.05) is 17.3 Å². The molecule has 5 heteroatoms. The van der Waals surface area contributed by atoms with Crippen molar-refractivity contribution in [3.63, 3.8) is 0 Å². The van der Waals surface area contributed by atoms with Gasteiger partial charge in [0.05, 0.1) is 11.4 Å². The summed E-state index contributed by atoms with van der Waals surface area (Å²) >= 11 is 5.83. The summed E-state index contributed by atoms with van der Waals surface area (Å²) in [6.45, 7) is 5.35. The number of alkyl halides is 1. The van der Waals surface area contributed by atoms with Crippen LogP contribution in [0.15, 0.2) is 66.9 Å². The number of amides is 1. The van der Waals surface area contributed by atoms with Gasteiger partial charge in [-0.2, -0.15) is 0 Å². The zero-order chi connectivity index (χ0) is 21.1. The Labute approximate surface area is 182 Å². The van der Waals surface area contributed by atoms with Gasteiger partial charge >= 0.3 is 0 Å². The average molecular weight is 421 g/mol. The van der Waals surface area contributed by atoms with Crippen molar-refractivity contribution in [1.29, 1.82) is 0 Å². The molecular weight excluding hydrogens is 396 g/mol. The number of carbonyl (C=O) groups is 1. The molecule has 1 aliphatic rings. The number of anilines is 1. The highest BCUT2D eigenvalue weighted by Crippen LogP contribution is 2.39. The number of hydrogen-bond acceptors (Lipinski definition) is 3. The quantitative estimate of drug-likeness (QED) is 0.520. The Morgan fingerprint density at radius 2 is 1.83 bits per heavy atom. The van der Waals surface area contributed by atoms with Crippen LogP contribution in [0.25, 0.3) is 0 Å². The lowest BCUT2D eigenvalue weighted by Crippen LogP contribution is -2.34. The summed E-state index contributed by atoms with van der Waals surface area (Å²) in [5.41, 5.74) is 4.97. The zero-order valence-electron chi connectivity index (χ0n) is 17.3. The number of hydrogen-bond donors (Lipinski definition) is 0. The molecule has 30 heavy (non-hydrogen) atoms. The minimum Gasteiger partial charge on any atom is -0.489 e. The molecular formula is C25H25ClN2O2. The van der Waals surface area contributed by atoms with Gasteiger partial charge in [-0.15, -0.1) is 11.6 Å². The van der Waals surface area contributed by atoms with E-state index in [2.05, 4.69) is 44.2 Å². The van der Waals surface area contributed by atoms with Crippen LogP contribution in [0.3, 0.4) is 0 Å². The fraction of sp³-hybridized carbons (Fsp3) is 0.280. The van der Waals surface area contributed by atoms with Crippen molar-refractivity contribution < 1.29 is 9.53 Å². The van der Waals surface area contributed by atoms with E-state index < -0.39 is 0 Å². The van der Waals surface area contributed by atoms with Gasteiger partial charge in [0.15, 0.2) is 0 Å². The highest BCUT2D eigenvalue weighted by atomic mass is 35.5. The van der Waals surface area contributed by atoms with Crippen molar-refractivity contribution in [3.05, 3.63) is 89.2 Å². The minimum absolute atomic E-state index is 0.0272. The van der Waals surface area contributed by atoms with Gasteiger partial charge in [0, 0.05) is 18.2 Å². The highest BCUT2D eigenvalue weighted by Gasteiger charge is 2.39. The lowest BCUT2D eigenvalue weighted by atomic mass is 9.91. The van der Waals surface area contributed by atoms with Crippen molar-refractivity contribution >= 4 is 23.2 Å². The highest BCUT2D eigenvalue weighted by molar-refractivity contribution is 6.29. The lowest BCUT2D eigenvalue weighted by molar-refractivity contribution is -0.116. The van der Waals surface area contributed by atoms with Crippen LogP contribution in [0.2, 0.25) is 0 Å². The molecule has 0 aliphatic carbocycles. The molecule has 154 valence electrons. The van der Waals surface area contributed by atoms with Crippen LogP contribution >= 0.6 is 11.6 Å². The minimum atomic E-state index is -0.180. The van der Waals surface area contributed by atoms with E-state index >= 15 is 0 Å². The van der Waals surface area contributed by atoms with Gasteiger partial charge in [-0.25, -0.2) is 0 Å². The van der Waals surface area contributed by atoms with Gasteiger partial charge in [0.25, 0.3) is 0 Å². The summed E-state index contributed by atoms with van der Waals surface area (Å²) in [4.78, 5) is 18.8. The topological polar surface area (TPSA) is 42.4 Å². The Balaban J connectivity index is 1.52. The zero-order valence-corrected chi connectivity index (χ0v) is 18.0. The molecule has 0 spiro atoms. The van der Waals surface area contributed by atoms with Crippen LogP contribution in [0.4, 0.5) is 5.69 Å². The first-order valence-corrected chi connectivity index (χ1v) is 10.6. The number of rotatable bonds is 6. The van der Waals surface area contributed by atoms with Gasteiger partial charge < -0.3 is 9.64 Å². The van der Waals surface area contributed by atoms with Gasteiger partial charge in [-0.3, -0.25) is 9.78 Å². The van der Waals surface area contributed by atoms with Crippen LogP contribution in [0.1, 0.15) is 36.2 Å². The monoisotopic (exact) mass is 420 g/mol. The van der Waals surface area contributed by atoms with Crippen LogP contribution in [-0.4, -0.2) is 23.3 Å². The van der Waals surface area contributed by atoms with E-state index in [0.29, 0.717) is 19.6 Å². The molecule has 3 aromatic rings. The second kappa shape index (κ2) is 8.49. The Hall–Kier alpha value is -2.85. The Bertz CT molecular complexity index is 1050. The molecule has 0 bridgehead atoms. The van der Waals surface area contributed by atoms with Crippen molar-refractivity contribution in [1.82, 2.24) is 4.98 Å². The van der Waals surface area contributed by atoms with Gasteiger partial charge in [-0.1, -0.05) is 56.3 Å². The third kappa shape index (κ3) is 4.34. The summed E-state index contributed by atoms with van der Waals surface area (Å²) in [5.74, 6) is 0.727. The summed E-state index contributed by atoms with van der Waals surface area (Å²) in [5, 5.41) is 0. The lowest BCUT2D eigenvalue weighted by Gasteiger charge is -2.19. The normalized spacial score (nSPS) is 14.4. The summed E-state index contributed by atoms with van der Waals surface area (Å²) < 4.78 is 5.95. The first kappa shape index (κ1) is 20.4. The third-order valence-electron chi connectivity index (χ3n) is 5.38. The van der Waals surface area contributed by atoms with Gasteiger partial charge in [0.2, 0.25) is 5.91 Å². The van der Waals surface area contributed by atoms with E-state index in [1.165, 1.54) is 0 Å². The number of ether oxygens (including phenoxy) is 1. The maximum Gasteiger partial charge on any atom is 0.241 e. The molecule has 1 aliphatic heterocycles. The largest absolute Gasteiger partial charge is 0.489 e. The van der Waals surface area contributed by atoms with E-state index in [1.807, 2.05) is 36.5 Å². The molecule has 0 saturated carbocycles. The third-order valence-corrected chi connectivity index (χ3v) is 5.61. The SMILES string of the molecule is CC1(C)CN(C(=O)CCl)c2cc(Cc3cccc(OCc4ccccc4)c3)cnc21. The summed E-state index contributed by atoms with van der Waals surface area (Å²) in [7, 11) is 0. The van der Waals surface area contributed by atoms with Gasteiger partial charge in [0.1, 0.15) is 18.2 Å². The molecule has 4 rings (SSSR count). The predicted molar refractivity (Wildman–Crippen MR) is 120 cm³/mol. The molecule has 4 nitrogen and oxygen atoms in total. The van der Waals surface area contributed by atoms with Crippen LogP contribution < -0.4 is 9.64 Å². The molecule has 0 radical (unpaired) electrons. The fourth-order valence-corrected chi connectivity index (χ4v) is 4.03. The molecule has 0 atom stereocenters. The number of halogens is 1. The molecule has 0 fully saturated rings. The second-order valence-electron chi connectivity index (χ2n) is 8.31. The Morgan fingerprint density at radius 1 is 1.07 bits per heavy atom. The maximum atomic E-state index is 12.3. The molecule has 0 unspecified atom stereocenters. The van der Waals surface area contributed by atoms with Crippen LogP contribution in [0, 0.1) is 0 Å². The van der Waals surface area contributed by atoms with Crippen LogP contribution in [-0.2, 0) is 23.2 Å². The second-order valence-corrected chi connectivity index (χ2v) is 8.57. The van der Waals surface area contributed by atoms with E-state index in [-0.39, 0.29) is 17.2 Å². The molecule has 2 heterocycles. The van der Waals surface area contributed by atoms with Crippen molar-refractivity contribution in [2.45, 2.75) is 32.3 Å². The summed E-state index contributed by atoms with van der Waals surface area (Å²) in [6, 6.07) is 20.3. The van der Waals surface area contributed by atoms with E-state index in [1.54, 1.807) is 4.90 Å². The first-order chi connectivity index (χ1) is 14.5. The predicted octanol–water partition coefficient (Wildman–Crippen LogP) is 5.11. The van der Waals surface area contributed by atoms with Crippen molar-refractivity contribution in [2.24, 2.45) is 0 Å². The molecule has 2 aromatic carbocycles. The number of aromatic nitrogens is 1. The maximum absolute atomic E-state index is 12.3. The number of pyridine rings is 1. The van der Waals surface area contributed by atoms with Gasteiger partial charge in [-0.05, 0) is 41.3 Å². The number of fused-ring (bicyclic) bond motifs is 1. The van der Waals surface area contributed by atoms with E-state index in [0.717, 1.165) is 33.8 Å². The molecule has 1 amide bonds. The number of nitrogens with zero attached hydrogens (tertiary/aromatic N) is 2. The smallest absolute Gasteiger partial charge is 0.241 e. The van der Waals surface area contributed by atoms with Crippen molar-refractivity contribution in [3.8, 4) is 5.75 Å². The van der Waals surface area contributed by atoms with E-state index in [9.17, 15) is 4.79 Å². The number of benzene rings is 2. The molecule has 0 N–H and O–H groups in total. The average Bonchev–Trinajstić information content (AvgIpc) is 3.03. The fourth-order valence-electron chi connectivity index (χ4n) is 3.89. The standard InChI is InChI=1S/C25H25ClN2O2/c1-25(2)17-28(23(29)14-26)22-13-20(15-27-24(22)25)11-19-9-6-10-21(12-19)30-16-18-7-4-3-5-8-18/h3-10,12-13,15H,11,14,16-17H2,1-2H3.